The van der Waals surface area contributed by atoms with Crippen LogP contribution >= 0.6 is 11.3 Å². The lowest BCUT2D eigenvalue weighted by Gasteiger charge is -2.26. The van der Waals surface area contributed by atoms with E-state index in [-0.39, 0.29) is 0 Å². The summed E-state index contributed by atoms with van der Waals surface area (Å²) in [6.45, 7) is 4.32. The van der Waals surface area contributed by atoms with Gasteiger partial charge < -0.3 is 5.73 Å². The fourth-order valence-electron chi connectivity index (χ4n) is 1.81. The van der Waals surface area contributed by atoms with Crippen LogP contribution in [0.4, 0.5) is 0 Å². The van der Waals surface area contributed by atoms with Crippen molar-refractivity contribution in [1.82, 2.24) is 4.90 Å². The van der Waals surface area contributed by atoms with Crippen LogP contribution < -0.4 is 5.73 Å². The van der Waals surface area contributed by atoms with Gasteiger partial charge in [0.05, 0.1) is 0 Å². The molecule has 0 bridgehead atoms. The highest BCUT2D eigenvalue weighted by molar-refractivity contribution is 7.10. The van der Waals surface area contributed by atoms with Crippen LogP contribution in [-0.2, 0) is 13.0 Å². The first-order chi connectivity index (χ1) is 6.40. The molecule has 0 saturated heterocycles. The predicted octanol–water partition coefficient (Wildman–Crippen LogP) is 1.45. The average Bonchev–Trinajstić information content (AvgIpc) is 2.61. The largest absolute Gasteiger partial charge is 0.330 e. The standard InChI is InChI=1S/C10H16N2S/c11-4-1-5-12-6-2-10-9(8-12)3-7-13-10/h3,7H,1-2,4-6,8,11H2. The molecular formula is C10H16N2S. The van der Waals surface area contributed by atoms with E-state index in [1.54, 1.807) is 4.88 Å². The SMILES string of the molecule is NCCCN1CCc2sccc2C1. The third-order valence-electron chi connectivity index (χ3n) is 2.57. The lowest BCUT2D eigenvalue weighted by atomic mass is 10.1. The zero-order chi connectivity index (χ0) is 9.10. The van der Waals surface area contributed by atoms with Crippen LogP contribution in [0.25, 0.3) is 0 Å². The Morgan fingerprint density at radius 3 is 3.31 bits per heavy atom. The molecule has 13 heavy (non-hydrogen) atoms. The molecule has 3 heteroatoms. The first-order valence-electron chi connectivity index (χ1n) is 4.88. The molecule has 0 radical (unpaired) electrons. The fourth-order valence-corrected chi connectivity index (χ4v) is 2.70. The van der Waals surface area contributed by atoms with E-state index in [0.29, 0.717) is 0 Å². The van der Waals surface area contributed by atoms with Crippen molar-refractivity contribution in [2.75, 3.05) is 19.6 Å². The summed E-state index contributed by atoms with van der Waals surface area (Å²) >= 11 is 1.90. The molecule has 0 unspecified atom stereocenters. The second-order valence-electron chi connectivity index (χ2n) is 3.54. The molecule has 2 rings (SSSR count). The third-order valence-corrected chi connectivity index (χ3v) is 3.59. The van der Waals surface area contributed by atoms with Crippen LogP contribution in [-0.4, -0.2) is 24.5 Å². The smallest absolute Gasteiger partial charge is 0.0244 e. The summed E-state index contributed by atoms with van der Waals surface area (Å²) in [6, 6.07) is 2.26. The van der Waals surface area contributed by atoms with Gasteiger partial charge >= 0.3 is 0 Å². The monoisotopic (exact) mass is 196 g/mol. The average molecular weight is 196 g/mol. The van der Waals surface area contributed by atoms with E-state index in [0.717, 1.165) is 26.1 Å². The summed E-state index contributed by atoms with van der Waals surface area (Å²) in [5, 5.41) is 2.21. The molecule has 0 spiro atoms. The van der Waals surface area contributed by atoms with Crippen LogP contribution in [0.15, 0.2) is 11.4 Å². The highest BCUT2D eigenvalue weighted by atomic mass is 32.1. The second-order valence-corrected chi connectivity index (χ2v) is 4.54. The summed E-state index contributed by atoms with van der Waals surface area (Å²) in [5.74, 6) is 0. The van der Waals surface area contributed by atoms with Gasteiger partial charge in [-0.2, -0.15) is 0 Å². The van der Waals surface area contributed by atoms with Gasteiger partial charge in [-0.3, -0.25) is 4.90 Å². The minimum absolute atomic E-state index is 0.812. The van der Waals surface area contributed by atoms with Crippen molar-refractivity contribution in [3.8, 4) is 0 Å². The van der Waals surface area contributed by atoms with Gasteiger partial charge in [0.1, 0.15) is 0 Å². The van der Waals surface area contributed by atoms with Gasteiger partial charge in [-0.05, 0) is 42.9 Å². The number of nitrogens with zero attached hydrogens (tertiary/aromatic N) is 1. The number of nitrogens with two attached hydrogens (primary N) is 1. The first-order valence-corrected chi connectivity index (χ1v) is 5.76. The molecule has 2 nitrogen and oxygen atoms in total. The molecule has 0 amide bonds. The Labute approximate surface area is 83.4 Å². The third kappa shape index (κ3) is 2.10. The van der Waals surface area contributed by atoms with E-state index < -0.39 is 0 Å². The summed E-state index contributed by atoms with van der Waals surface area (Å²) in [7, 11) is 0. The number of hydrogen-bond acceptors (Lipinski definition) is 3. The van der Waals surface area contributed by atoms with Gasteiger partial charge in [-0.25, -0.2) is 0 Å². The fraction of sp³-hybridized carbons (Fsp3) is 0.600. The highest BCUT2D eigenvalue weighted by Crippen LogP contribution is 2.23. The summed E-state index contributed by atoms with van der Waals surface area (Å²) in [6.07, 6.45) is 2.36. The van der Waals surface area contributed by atoms with Crippen molar-refractivity contribution in [2.24, 2.45) is 5.73 Å². The van der Waals surface area contributed by atoms with E-state index in [1.165, 1.54) is 18.5 Å². The van der Waals surface area contributed by atoms with Gasteiger partial charge in [0.25, 0.3) is 0 Å². The summed E-state index contributed by atoms with van der Waals surface area (Å²) in [5.41, 5.74) is 7.03. The molecule has 1 aliphatic heterocycles. The number of thiophene rings is 1. The maximum absolute atomic E-state index is 5.50. The maximum atomic E-state index is 5.50. The Balaban J connectivity index is 1.93. The Hall–Kier alpha value is -0.380. The van der Waals surface area contributed by atoms with E-state index in [4.69, 9.17) is 5.73 Å². The van der Waals surface area contributed by atoms with Gasteiger partial charge in [0.2, 0.25) is 0 Å². The summed E-state index contributed by atoms with van der Waals surface area (Å²) < 4.78 is 0. The molecule has 2 heterocycles. The first kappa shape index (κ1) is 9.19. The van der Waals surface area contributed by atoms with Crippen molar-refractivity contribution in [2.45, 2.75) is 19.4 Å². The molecule has 1 aromatic rings. The van der Waals surface area contributed by atoms with Gasteiger partial charge in [-0.1, -0.05) is 0 Å². The predicted molar refractivity (Wildman–Crippen MR) is 57.0 cm³/mol. The molecule has 0 fully saturated rings. The minimum atomic E-state index is 0.812. The Morgan fingerprint density at radius 1 is 1.54 bits per heavy atom. The molecule has 2 N–H and O–H groups in total. The van der Waals surface area contributed by atoms with Crippen LogP contribution in [0, 0.1) is 0 Å². The lowest BCUT2D eigenvalue weighted by molar-refractivity contribution is 0.254. The van der Waals surface area contributed by atoms with E-state index >= 15 is 0 Å². The highest BCUT2D eigenvalue weighted by Gasteiger charge is 2.15. The van der Waals surface area contributed by atoms with E-state index in [1.807, 2.05) is 11.3 Å². The van der Waals surface area contributed by atoms with Crippen molar-refractivity contribution in [3.05, 3.63) is 21.9 Å². The van der Waals surface area contributed by atoms with Crippen molar-refractivity contribution >= 4 is 11.3 Å². The van der Waals surface area contributed by atoms with Crippen LogP contribution in [0.2, 0.25) is 0 Å². The van der Waals surface area contributed by atoms with E-state index in [2.05, 4.69) is 16.3 Å². The zero-order valence-electron chi connectivity index (χ0n) is 7.83. The molecular weight excluding hydrogens is 180 g/mol. The van der Waals surface area contributed by atoms with Crippen molar-refractivity contribution in [1.29, 1.82) is 0 Å². The van der Waals surface area contributed by atoms with Crippen LogP contribution in [0.3, 0.4) is 0 Å². The Bertz CT molecular complexity index is 270. The molecule has 0 saturated carbocycles. The van der Waals surface area contributed by atoms with Gasteiger partial charge in [0.15, 0.2) is 0 Å². The van der Waals surface area contributed by atoms with Crippen LogP contribution in [0.5, 0.6) is 0 Å². The Morgan fingerprint density at radius 2 is 2.46 bits per heavy atom. The lowest BCUT2D eigenvalue weighted by Crippen LogP contribution is -2.31. The number of fused-ring (bicyclic) bond motifs is 1. The molecule has 0 atom stereocenters. The zero-order valence-corrected chi connectivity index (χ0v) is 8.65. The van der Waals surface area contributed by atoms with Crippen LogP contribution in [0.1, 0.15) is 16.9 Å². The summed E-state index contributed by atoms with van der Waals surface area (Å²) in [4.78, 5) is 4.09. The minimum Gasteiger partial charge on any atom is -0.330 e. The quantitative estimate of drug-likeness (QED) is 0.793. The molecule has 0 aliphatic carbocycles. The normalized spacial score (nSPS) is 17.3. The second kappa shape index (κ2) is 4.22. The molecule has 72 valence electrons. The van der Waals surface area contributed by atoms with Gasteiger partial charge in [-0.15, -0.1) is 11.3 Å². The molecule has 1 aliphatic rings. The van der Waals surface area contributed by atoms with Crippen molar-refractivity contribution in [3.63, 3.8) is 0 Å². The van der Waals surface area contributed by atoms with Gasteiger partial charge in [0, 0.05) is 18.0 Å². The maximum Gasteiger partial charge on any atom is 0.0244 e. The van der Waals surface area contributed by atoms with Crippen molar-refractivity contribution < 1.29 is 0 Å². The van der Waals surface area contributed by atoms with E-state index in [9.17, 15) is 0 Å². The Kier molecular flexibility index (Phi) is 2.98. The number of rotatable bonds is 3. The topological polar surface area (TPSA) is 29.3 Å². The molecule has 1 aromatic heterocycles. The number of hydrogen-bond donors (Lipinski definition) is 1. The molecule has 0 aromatic carbocycles.